The SMILES string of the molecule is COc1ccccc1C(=O)OC[C@H]1O[C@@H]2O[C@H]3[C@H](O)[C@@H](O)[C@@H](O[C@H]4[C@H](O)[C@@H](O)[C@@H](O[C@H]5[C@H](O)[C@@H](O)[C@@H](O[C@H]6[C@H](O)[C@@H](O)[C@@H](O[C@H]7[C@H](O)[C@@H](O)[C@@H](O[C@H]8[C@H](O)[C@@H](O)[C@@H](O[C@H]1[C@H](O)[C@H]2O)O[C@@H]8CO)O[C@@H]7CO)O[C@@H]6CO)O[C@@H]5CO)O[C@@H]4CO)O[C@@H]3CO. The third kappa shape index (κ3) is 13.8. The molecule has 21 fully saturated rings. The van der Waals surface area contributed by atoms with E-state index in [9.17, 15) is 107 Å². The Morgan fingerprint density at radius 3 is 0.747 bits per heavy atom. The van der Waals surface area contributed by atoms with Crippen LogP contribution in [0.5, 0.6) is 5.75 Å². The Balaban J connectivity index is 1.02. The number of aliphatic hydroxyl groups excluding tert-OH is 20. The highest BCUT2D eigenvalue weighted by Crippen LogP contribution is 2.39. The molecule has 0 amide bonds. The van der Waals surface area contributed by atoms with E-state index in [1.807, 2.05) is 0 Å². The van der Waals surface area contributed by atoms with Crippen molar-refractivity contribution >= 4 is 5.97 Å². The van der Waals surface area contributed by atoms with Crippen molar-refractivity contribution in [2.75, 3.05) is 53.4 Å². The molecule has 22 rings (SSSR count). The van der Waals surface area contributed by atoms with E-state index < -0.39 is 267 Å². The molecule has 0 aromatic heterocycles. The molecule has 21 aliphatic rings. The molecule has 87 heavy (non-hydrogen) atoms. The fraction of sp³-hybridized carbons (Fsp3) is 0.860. The van der Waals surface area contributed by atoms with Crippen molar-refractivity contribution in [3.05, 3.63) is 29.8 Å². The molecule has 14 bridgehead atoms. The second kappa shape index (κ2) is 29.4. The minimum Gasteiger partial charge on any atom is -0.496 e. The zero-order valence-corrected chi connectivity index (χ0v) is 45.9. The average Bonchev–Trinajstić information content (AvgIpc) is 1.28. The summed E-state index contributed by atoms with van der Waals surface area (Å²) in [4.78, 5) is 13.5. The summed E-state index contributed by atoms with van der Waals surface area (Å²) < 4.78 is 91.6. The molecular formula is C50H76O37. The van der Waals surface area contributed by atoms with Crippen LogP contribution < -0.4 is 4.74 Å². The maximum Gasteiger partial charge on any atom is 0.342 e. The molecule has 35 atom stereocenters. The number of para-hydroxylation sites is 1. The summed E-state index contributed by atoms with van der Waals surface area (Å²) in [6.07, 6.45) is -72.0. The van der Waals surface area contributed by atoms with Crippen LogP contribution in [0.4, 0.5) is 0 Å². The van der Waals surface area contributed by atoms with Crippen LogP contribution in [0.2, 0.25) is 0 Å². The Morgan fingerprint density at radius 1 is 0.322 bits per heavy atom. The first-order valence-corrected chi connectivity index (χ1v) is 27.7. The van der Waals surface area contributed by atoms with Crippen molar-refractivity contribution in [1.29, 1.82) is 0 Å². The van der Waals surface area contributed by atoms with Gasteiger partial charge in [-0.3, -0.25) is 0 Å². The van der Waals surface area contributed by atoms with Gasteiger partial charge in [-0.05, 0) is 12.1 Å². The minimum atomic E-state index is -2.30. The minimum absolute atomic E-state index is 0.0497. The molecule has 21 heterocycles. The lowest BCUT2D eigenvalue weighted by atomic mass is 9.95. The lowest BCUT2D eigenvalue weighted by molar-refractivity contribution is -0.396. The normalized spacial score (nSPS) is 50.2. The van der Waals surface area contributed by atoms with E-state index in [0.29, 0.717) is 0 Å². The van der Waals surface area contributed by atoms with Crippen LogP contribution in [-0.2, 0) is 71.1 Å². The molecule has 20 N–H and O–H groups in total. The largest absolute Gasteiger partial charge is 0.496 e. The van der Waals surface area contributed by atoms with Crippen LogP contribution in [-0.4, -0.2) is 376 Å². The second-order valence-corrected chi connectivity index (χ2v) is 21.8. The molecule has 21 aliphatic heterocycles. The molecule has 0 saturated carbocycles. The van der Waals surface area contributed by atoms with Gasteiger partial charge in [0.25, 0.3) is 0 Å². The number of rotatable bonds is 10. The number of ether oxygens (including phenoxy) is 16. The Morgan fingerprint density at radius 2 is 0.529 bits per heavy atom. The summed E-state index contributed by atoms with van der Waals surface area (Å²) in [5.74, 6) is -1.00. The monoisotopic (exact) mass is 1270 g/mol. The Labute approximate surface area is 491 Å². The van der Waals surface area contributed by atoms with E-state index in [4.69, 9.17) is 75.8 Å². The highest BCUT2D eigenvalue weighted by molar-refractivity contribution is 5.92. The van der Waals surface area contributed by atoms with E-state index in [1.54, 1.807) is 6.07 Å². The number of hydrogen-bond donors (Lipinski definition) is 20. The maximum atomic E-state index is 13.5. The van der Waals surface area contributed by atoms with Crippen molar-refractivity contribution in [3.8, 4) is 5.75 Å². The smallest absolute Gasteiger partial charge is 0.342 e. The number of carbonyl (C=O) groups is 1. The van der Waals surface area contributed by atoms with Crippen molar-refractivity contribution in [2.45, 2.75) is 215 Å². The predicted molar refractivity (Wildman–Crippen MR) is 265 cm³/mol. The Hall–Kier alpha value is -2.87. The molecular weight excluding hydrogens is 1190 g/mol. The van der Waals surface area contributed by atoms with Crippen LogP contribution in [0.15, 0.2) is 24.3 Å². The number of benzene rings is 1. The summed E-state index contributed by atoms with van der Waals surface area (Å²) in [6, 6.07) is 5.77. The number of hydrogen-bond acceptors (Lipinski definition) is 37. The number of aliphatic hydroxyl groups is 20. The molecule has 0 radical (unpaired) electrons. The third-order valence-electron chi connectivity index (χ3n) is 16.3. The maximum absolute atomic E-state index is 13.5. The van der Waals surface area contributed by atoms with Crippen LogP contribution in [0.1, 0.15) is 10.4 Å². The first-order chi connectivity index (χ1) is 41.5. The summed E-state index contributed by atoms with van der Waals surface area (Å²) in [5.41, 5.74) is -0.119. The molecule has 37 nitrogen and oxygen atoms in total. The predicted octanol–water partition coefficient (Wildman–Crippen LogP) is -13.4. The van der Waals surface area contributed by atoms with E-state index in [0.717, 1.165) is 0 Å². The van der Waals surface area contributed by atoms with Crippen molar-refractivity contribution in [2.24, 2.45) is 0 Å². The van der Waals surface area contributed by atoms with Crippen LogP contribution >= 0.6 is 0 Å². The molecule has 1 aromatic rings. The number of methoxy groups -OCH3 is 1. The van der Waals surface area contributed by atoms with Gasteiger partial charge in [-0.1, -0.05) is 12.1 Å². The van der Waals surface area contributed by atoms with Gasteiger partial charge in [0.05, 0.1) is 46.8 Å². The van der Waals surface area contributed by atoms with Crippen molar-refractivity contribution in [3.63, 3.8) is 0 Å². The molecule has 498 valence electrons. The first kappa shape index (κ1) is 68.5. The molecule has 0 spiro atoms. The lowest BCUT2D eigenvalue weighted by Crippen LogP contribution is -2.68. The summed E-state index contributed by atoms with van der Waals surface area (Å²) in [5, 5.41) is 223. The summed E-state index contributed by atoms with van der Waals surface area (Å²) in [7, 11) is 1.26. The second-order valence-electron chi connectivity index (χ2n) is 21.8. The fourth-order valence-corrected chi connectivity index (χ4v) is 11.5. The molecule has 0 unspecified atom stereocenters. The van der Waals surface area contributed by atoms with Crippen LogP contribution in [0.3, 0.4) is 0 Å². The zero-order valence-electron chi connectivity index (χ0n) is 45.9. The summed E-state index contributed by atoms with van der Waals surface area (Å²) in [6.45, 7) is -7.37. The molecule has 21 saturated heterocycles. The quantitative estimate of drug-likeness (QED) is 0.0967. The highest BCUT2D eigenvalue weighted by Gasteiger charge is 2.60. The van der Waals surface area contributed by atoms with Gasteiger partial charge < -0.3 is 178 Å². The van der Waals surface area contributed by atoms with E-state index >= 15 is 0 Å². The van der Waals surface area contributed by atoms with Crippen LogP contribution in [0.25, 0.3) is 0 Å². The first-order valence-electron chi connectivity index (χ1n) is 27.7. The van der Waals surface area contributed by atoms with Crippen LogP contribution in [0, 0.1) is 0 Å². The van der Waals surface area contributed by atoms with Gasteiger partial charge >= 0.3 is 5.97 Å². The van der Waals surface area contributed by atoms with E-state index in [2.05, 4.69) is 0 Å². The zero-order chi connectivity index (χ0) is 63.0. The van der Waals surface area contributed by atoms with Gasteiger partial charge in [0.1, 0.15) is 189 Å². The Kier molecular flexibility index (Phi) is 23.1. The summed E-state index contributed by atoms with van der Waals surface area (Å²) >= 11 is 0. The van der Waals surface area contributed by atoms with Crippen molar-refractivity contribution in [1.82, 2.24) is 0 Å². The Bertz CT molecular complexity index is 2320. The van der Waals surface area contributed by atoms with Crippen molar-refractivity contribution < 1.29 is 183 Å². The van der Waals surface area contributed by atoms with Gasteiger partial charge in [0, 0.05) is 0 Å². The average molecular weight is 1270 g/mol. The van der Waals surface area contributed by atoms with Gasteiger partial charge in [-0.2, -0.15) is 0 Å². The van der Waals surface area contributed by atoms with Gasteiger partial charge in [-0.15, -0.1) is 0 Å². The van der Waals surface area contributed by atoms with Gasteiger partial charge in [0.2, 0.25) is 0 Å². The fourth-order valence-electron chi connectivity index (χ4n) is 11.5. The highest BCUT2D eigenvalue weighted by atomic mass is 16.8. The number of esters is 1. The topological polar surface area (TPSA) is 569 Å². The van der Waals surface area contributed by atoms with E-state index in [1.165, 1.54) is 25.3 Å². The molecule has 0 aliphatic carbocycles. The third-order valence-corrected chi connectivity index (χ3v) is 16.3. The van der Waals surface area contributed by atoms with Gasteiger partial charge in [0.15, 0.2) is 44.0 Å². The number of carbonyl (C=O) groups excluding carboxylic acids is 1. The lowest BCUT2D eigenvalue weighted by Gasteiger charge is -2.50. The van der Waals surface area contributed by atoms with Gasteiger partial charge in [-0.25, -0.2) is 4.79 Å². The molecule has 37 heteroatoms. The van der Waals surface area contributed by atoms with E-state index in [-0.39, 0.29) is 11.3 Å². The molecule has 1 aromatic carbocycles. The standard InChI is InChI=1S/C50H76O37/c1-72-14-5-3-2-4-13(14)43(71)73-12-21-42-28(63)35(70)50(80-21)86-41-20(11-56)78-48(33(68)26(41)61)84-39-18(9-54)76-46(31(66)24(39)59)82-37-16(7-52)74-44(29(64)22(37)57)81-36-15(6-51)75-45(30(65)23(36)58)83-38-17(8-53)77-47(32(67)25(38)60)85-40-19(10-55)79-49(87-42)34(69)27(40)62/h2-5,15-42,44-70H,6-12H2,1H3/t15-,16-,17-,18-,19-,20-,21-,22-,23-,24-,25-,26-,27-,28-,29-,30-,31-,32-,33-,34-,35-,36-,37-,38-,39-,40-,41-,42-,44-,45-,46-,47-,48-,49-,50-/m1/s1.